The van der Waals surface area contributed by atoms with Crippen LogP contribution in [-0.2, 0) is 6.42 Å². The fourth-order valence-electron chi connectivity index (χ4n) is 1.89. The van der Waals surface area contributed by atoms with Crippen molar-refractivity contribution < 1.29 is 4.79 Å². The van der Waals surface area contributed by atoms with Crippen LogP contribution in [0.5, 0.6) is 0 Å². The third-order valence-electron chi connectivity index (χ3n) is 3.15. The molecule has 0 unspecified atom stereocenters. The first kappa shape index (κ1) is 21.0. The van der Waals surface area contributed by atoms with Crippen LogP contribution >= 0.6 is 24.8 Å². The number of aromatic nitrogens is 1. The Balaban J connectivity index is 0.00000242. The van der Waals surface area contributed by atoms with Crippen molar-refractivity contribution >= 4 is 42.2 Å². The SMILES string of the molecule is CN(C)c1ccc(C(=O)NCCc2ccc(N)cc2)cn1.Cl.Cl. The van der Waals surface area contributed by atoms with Gasteiger partial charge in [-0.25, -0.2) is 4.98 Å². The third-order valence-corrected chi connectivity index (χ3v) is 3.15. The van der Waals surface area contributed by atoms with Crippen LogP contribution in [0, 0.1) is 0 Å². The van der Waals surface area contributed by atoms with E-state index in [9.17, 15) is 4.79 Å². The molecular weight excluding hydrogens is 335 g/mol. The summed E-state index contributed by atoms with van der Waals surface area (Å²) in [6, 6.07) is 11.3. The highest BCUT2D eigenvalue weighted by molar-refractivity contribution is 5.94. The minimum Gasteiger partial charge on any atom is -0.399 e. The summed E-state index contributed by atoms with van der Waals surface area (Å²) in [5, 5.41) is 2.89. The largest absolute Gasteiger partial charge is 0.399 e. The molecule has 0 spiro atoms. The number of nitrogen functional groups attached to an aromatic ring is 1. The maximum absolute atomic E-state index is 12.0. The first-order valence-corrected chi connectivity index (χ1v) is 6.82. The van der Waals surface area contributed by atoms with Crippen molar-refractivity contribution in [2.75, 3.05) is 31.3 Å². The molecule has 0 atom stereocenters. The summed E-state index contributed by atoms with van der Waals surface area (Å²) in [5.41, 5.74) is 8.09. The van der Waals surface area contributed by atoms with Crippen molar-refractivity contribution in [2.24, 2.45) is 0 Å². The quantitative estimate of drug-likeness (QED) is 0.807. The van der Waals surface area contributed by atoms with Crippen LogP contribution in [-0.4, -0.2) is 31.5 Å². The lowest BCUT2D eigenvalue weighted by molar-refractivity contribution is 0.0954. The molecule has 0 saturated carbocycles. The van der Waals surface area contributed by atoms with Crippen LogP contribution < -0.4 is 16.0 Å². The van der Waals surface area contributed by atoms with E-state index in [-0.39, 0.29) is 30.7 Å². The van der Waals surface area contributed by atoms with Crippen molar-refractivity contribution in [3.63, 3.8) is 0 Å². The topological polar surface area (TPSA) is 71.2 Å². The minimum absolute atomic E-state index is 0. The fraction of sp³-hybridized carbons (Fsp3) is 0.250. The van der Waals surface area contributed by atoms with E-state index in [2.05, 4.69) is 10.3 Å². The van der Waals surface area contributed by atoms with E-state index in [0.717, 1.165) is 23.5 Å². The number of nitrogens with one attached hydrogen (secondary N) is 1. The van der Waals surface area contributed by atoms with Crippen LogP contribution in [0.3, 0.4) is 0 Å². The fourth-order valence-corrected chi connectivity index (χ4v) is 1.89. The predicted molar refractivity (Wildman–Crippen MR) is 100.0 cm³/mol. The highest BCUT2D eigenvalue weighted by Gasteiger charge is 2.06. The zero-order valence-electron chi connectivity index (χ0n) is 13.2. The number of carbonyl (C=O) groups is 1. The Morgan fingerprint density at radius 1 is 1.13 bits per heavy atom. The molecule has 1 aromatic carbocycles. The van der Waals surface area contributed by atoms with Gasteiger partial charge < -0.3 is 16.0 Å². The maximum Gasteiger partial charge on any atom is 0.252 e. The van der Waals surface area contributed by atoms with Gasteiger partial charge in [0.1, 0.15) is 5.82 Å². The summed E-state index contributed by atoms with van der Waals surface area (Å²) < 4.78 is 0. The monoisotopic (exact) mass is 356 g/mol. The van der Waals surface area contributed by atoms with Gasteiger partial charge in [-0.3, -0.25) is 4.79 Å². The summed E-state index contributed by atoms with van der Waals surface area (Å²) in [6.45, 7) is 0.582. The molecule has 5 nitrogen and oxygen atoms in total. The zero-order chi connectivity index (χ0) is 15.2. The van der Waals surface area contributed by atoms with Gasteiger partial charge in [-0.15, -0.1) is 24.8 Å². The van der Waals surface area contributed by atoms with Crippen molar-refractivity contribution in [3.05, 3.63) is 53.7 Å². The summed E-state index contributed by atoms with van der Waals surface area (Å²) >= 11 is 0. The van der Waals surface area contributed by atoms with Crippen molar-refractivity contribution in [1.82, 2.24) is 10.3 Å². The van der Waals surface area contributed by atoms with Gasteiger partial charge in [-0.1, -0.05) is 12.1 Å². The minimum atomic E-state index is -0.108. The standard InChI is InChI=1S/C16H20N4O.2ClH/c1-20(2)15-8-5-13(11-19-15)16(21)18-10-9-12-3-6-14(17)7-4-12;;/h3-8,11H,9-10,17H2,1-2H3,(H,18,21);2*1H. The average Bonchev–Trinajstić information content (AvgIpc) is 2.49. The highest BCUT2D eigenvalue weighted by atomic mass is 35.5. The number of benzene rings is 1. The Labute approximate surface area is 149 Å². The zero-order valence-corrected chi connectivity index (χ0v) is 14.8. The van der Waals surface area contributed by atoms with Crippen molar-refractivity contribution in [1.29, 1.82) is 0 Å². The Bertz CT molecular complexity index is 600. The molecule has 0 bridgehead atoms. The van der Waals surface area contributed by atoms with Gasteiger partial charge in [-0.2, -0.15) is 0 Å². The number of halogens is 2. The van der Waals surface area contributed by atoms with Crippen LogP contribution in [0.15, 0.2) is 42.6 Å². The highest BCUT2D eigenvalue weighted by Crippen LogP contribution is 2.08. The van der Waals surface area contributed by atoms with E-state index < -0.39 is 0 Å². The van der Waals surface area contributed by atoms with Crippen LogP contribution in [0.25, 0.3) is 0 Å². The first-order chi connectivity index (χ1) is 10.1. The summed E-state index contributed by atoms with van der Waals surface area (Å²) in [7, 11) is 3.82. The molecule has 0 fully saturated rings. The smallest absolute Gasteiger partial charge is 0.252 e. The molecule has 0 aliphatic rings. The Hall–Kier alpha value is -1.98. The molecule has 0 aliphatic carbocycles. The molecule has 23 heavy (non-hydrogen) atoms. The van der Waals surface area contributed by atoms with Crippen molar-refractivity contribution in [3.8, 4) is 0 Å². The third kappa shape index (κ3) is 6.34. The summed E-state index contributed by atoms with van der Waals surface area (Å²) in [6.07, 6.45) is 2.36. The van der Waals surface area contributed by atoms with Crippen molar-refractivity contribution in [2.45, 2.75) is 6.42 Å². The number of nitrogens with zero attached hydrogens (tertiary/aromatic N) is 2. The van der Waals surface area contributed by atoms with Crippen LogP contribution in [0.2, 0.25) is 0 Å². The van der Waals surface area contributed by atoms with Gasteiger partial charge in [0, 0.05) is 32.5 Å². The maximum atomic E-state index is 12.0. The molecule has 0 aliphatic heterocycles. The number of nitrogens with two attached hydrogens (primary N) is 1. The van der Waals surface area contributed by atoms with E-state index in [1.165, 1.54) is 0 Å². The lowest BCUT2D eigenvalue weighted by Crippen LogP contribution is -2.26. The molecule has 0 saturated heterocycles. The molecule has 126 valence electrons. The van der Waals surface area contributed by atoms with Gasteiger partial charge in [0.2, 0.25) is 0 Å². The van der Waals surface area contributed by atoms with Gasteiger partial charge in [0.05, 0.1) is 5.56 Å². The second-order valence-electron chi connectivity index (χ2n) is 5.05. The predicted octanol–water partition coefficient (Wildman–Crippen LogP) is 2.55. The van der Waals surface area contributed by atoms with E-state index in [4.69, 9.17) is 5.73 Å². The molecule has 2 rings (SSSR count). The van der Waals surface area contributed by atoms with E-state index in [1.807, 2.05) is 49.3 Å². The van der Waals surface area contributed by atoms with E-state index in [0.29, 0.717) is 12.1 Å². The average molecular weight is 357 g/mol. The number of amides is 1. The summed E-state index contributed by atoms with van der Waals surface area (Å²) in [4.78, 5) is 18.1. The Morgan fingerprint density at radius 3 is 2.30 bits per heavy atom. The first-order valence-electron chi connectivity index (χ1n) is 6.82. The Morgan fingerprint density at radius 2 is 1.78 bits per heavy atom. The number of carbonyl (C=O) groups excluding carboxylic acids is 1. The molecule has 2 aromatic rings. The van der Waals surface area contributed by atoms with Gasteiger partial charge in [0.15, 0.2) is 0 Å². The van der Waals surface area contributed by atoms with Gasteiger partial charge in [0.25, 0.3) is 5.91 Å². The van der Waals surface area contributed by atoms with Crippen LogP contribution in [0.4, 0.5) is 11.5 Å². The number of hydrogen-bond donors (Lipinski definition) is 2. The number of anilines is 2. The van der Waals surface area contributed by atoms with Gasteiger partial charge >= 0.3 is 0 Å². The molecule has 1 amide bonds. The van der Waals surface area contributed by atoms with E-state index >= 15 is 0 Å². The lowest BCUT2D eigenvalue weighted by Gasteiger charge is -2.11. The van der Waals surface area contributed by atoms with Gasteiger partial charge in [-0.05, 0) is 36.2 Å². The van der Waals surface area contributed by atoms with E-state index in [1.54, 1.807) is 12.3 Å². The molecule has 1 aromatic heterocycles. The normalized spacial score (nSPS) is 9.30. The van der Waals surface area contributed by atoms with Crippen LogP contribution in [0.1, 0.15) is 15.9 Å². The summed E-state index contributed by atoms with van der Waals surface area (Å²) in [5.74, 6) is 0.719. The lowest BCUT2D eigenvalue weighted by atomic mass is 10.1. The Kier molecular flexibility index (Phi) is 9.07. The number of pyridine rings is 1. The molecule has 7 heteroatoms. The molecular formula is C16H22Cl2N4O. The number of hydrogen-bond acceptors (Lipinski definition) is 4. The number of rotatable bonds is 5. The second kappa shape index (κ2) is 9.92. The second-order valence-corrected chi connectivity index (χ2v) is 5.05. The molecule has 3 N–H and O–H groups in total. The molecule has 0 radical (unpaired) electrons. The molecule has 1 heterocycles.